The molecule has 3 amide bonds. The maximum absolute atomic E-state index is 12.8. The van der Waals surface area contributed by atoms with Crippen LogP contribution in [0, 0.1) is 5.92 Å². The third-order valence-electron chi connectivity index (χ3n) is 5.03. The summed E-state index contributed by atoms with van der Waals surface area (Å²) < 4.78 is 0. The van der Waals surface area contributed by atoms with Gasteiger partial charge in [-0.2, -0.15) is 0 Å². The molecule has 0 aliphatic carbocycles. The van der Waals surface area contributed by atoms with Crippen LogP contribution in [0.4, 0.5) is 0 Å². The van der Waals surface area contributed by atoms with E-state index < -0.39 is 41.8 Å². The van der Waals surface area contributed by atoms with Crippen molar-refractivity contribution in [1.29, 1.82) is 0 Å². The van der Waals surface area contributed by atoms with Crippen molar-refractivity contribution in [2.45, 2.75) is 57.7 Å². The number of hydrogen-bond acceptors (Lipinski definition) is 7. The summed E-state index contributed by atoms with van der Waals surface area (Å²) in [5.74, 6) is -3.04. The average molecular weight is 466 g/mol. The molecule has 33 heavy (non-hydrogen) atoms. The summed E-state index contributed by atoms with van der Waals surface area (Å²) >= 11 is 0. The van der Waals surface area contributed by atoms with Crippen LogP contribution in [0.5, 0.6) is 5.75 Å². The molecule has 0 bridgehead atoms. The molecule has 0 radical (unpaired) electrons. The van der Waals surface area contributed by atoms with Gasteiger partial charge in [0.1, 0.15) is 17.8 Å². The van der Waals surface area contributed by atoms with Crippen molar-refractivity contribution < 1.29 is 29.4 Å². The van der Waals surface area contributed by atoms with Crippen molar-refractivity contribution in [3.8, 4) is 5.75 Å². The van der Waals surface area contributed by atoms with Gasteiger partial charge in [0, 0.05) is 6.42 Å². The van der Waals surface area contributed by atoms with Gasteiger partial charge in [-0.15, -0.1) is 0 Å². The van der Waals surface area contributed by atoms with Crippen molar-refractivity contribution in [3.63, 3.8) is 0 Å². The summed E-state index contributed by atoms with van der Waals surface area (Å²) in [6, 6.07) is 2.96. The van der Waals surface area contributed by atoms with Gasteiger partial charge in [0.25, 0.3) is 0 Å². The molecule has 0 saturated heterocycles. The van der Waals surface area contributed by atoms with E-state index >= 15 is 0 Å². The first-order valence-electron chi connectivity index (χ1n) is 10.9. The number of amides is 3. The Morgan fingerprint density at radius 2 is 1.61 bits per heavy atom. The van der Waals surface area contributed by atoms with Crippen LogP contribution in [0.2, 0.25) is 0 Å². The zero-order chi connectivity index (χ0) is 25.0. The number of aliphatic carboxylic acids is 1. The normalized spacial score (nSPS) is 13.6. The van der Waals surface area contributed by atoms with Crippen LogP contribution in [0.3, 0.4) is 0 Å². The van der Waals surface area contributed by atoms with Crippen molar-refractivity contribution >= 4 is 23.7 Å². The van der Waals surface area contributed by atoms with E-state index in [1.165, 1.54) is 12.1 Å². The predicted octanol–water partition coefficient (Wildman–Crippen LogP) is -0.783. The number of aromatic hydroxyl groups is 1. The number of unbranched alkanes of at least 4 members (excludes halogenated alkanes) is 1. The van der Waals surface area contributed by atoms with E-state index in [0.29, 0.717) is 24.9 Å². The van der Waals surface area contributed by atoms with Crippen LogP contribution >= 0.6 is 0 Å². The summed E-state index contributed by atoms with van der Waals surface area (Å²) in [5, 5.41) is 26.3. The Hall–Kier alpha value is -3.18. The van der Waals surface area contributed by atoms with Crippen LogP contribution < -0.4 is 27.4 Å². The first kappa shape index (κ1) is 27.9. The molecule has 0 heterocycles. The molecule has 1 aromatic carbocycles. The second kappa shape index (κ2) is 14.1. The quantitative estimate of drug-likeness (QED) is 0.174. The fourth-order valence-corrected chi connectivity index (χ4v) is 2.94. The van der Waals surface area contributed by atoms with Gasteiger partial charge in [0.05, 0.1) is 12.6 Å². The fourth-order valence-electron chi connectivity index (χ4n) is 2.94. The van der Waals surface area contributed by atoms with Gasteiger partial charge in [-0.3, -0.25) is 14.4 Å². The van der Waals surface area contributed by atoms with Crippen molar-refractivity contribution in [3.05, 3.63) is 29.8 Å². The lowest BCUT2D eigenvalue weighted by molar-refractivity contribution is -0.142. The average Bonchev–Trinajstić information content (AvgIpc) is 2.77. The van der Waals surface area contributed by atoms with E-state index in [9.17, 15) is 29.4 Å². The summed E-state index contributed by atoms with van der Waals surface area (Å²) in [5.41, 5.74) is 11.8. The molecule has 0 spiro atoms. The van der Waals surface area contributed by atoms with E-state index in [1.807, 2.05) is 0 Å². The SMILES string of the molecule is CC(C)C(N)C(=O)NCC(=O)NC(CCCCN)C(=O)NC(Cc1ccc(O)cc1)C(=O)O. The topological polar surface area (TPSA) is 197 Å². The van der Waals surface area contributed by atoms with Crippen molar-refractivity contribution in [2.24, 2.45) is 17.4 Å². The Kier molecular flexibility index (Phi) is 11.9. The first-order valence-corrected chi connectivity index (χ1v) is 10.9. The van der Waals surface area contributed by atoms with Crippen LogP contribution in [-0.2, 0) is 25.6 Å². The minimum Gasteiger partial charge on any atom is -0.508 e. The molecule has 1 aromatic rings. The first-order chi connectivity index (χ1) is 15.5. The third-order valence-corrected chi connectivity index (χ3v) is 5.03. The third kappa shape index (κ3) is 10.3. The summed E-state index contributed by atoms with van der Waals surface area (Å²) in [7, 11) is 0. The molecule has 0 aliphatic rings. The number of hydrogen-bond donors (Lipinski definition) is 7. The standard InChI is InChI=1S/C22H35N5O6/c1-13(2)19(24)21(31)25-12-18(29)26-16(5-3-4-10-23)20(30)27-17(22(32)33)11-14-6-8-15(28)9-7-14/h6-9,13,16-17,19,28H,3-5,10-12,23-24H2,1-2H3,(H,25,31)(H,26,29)(H,27,30)(H,32,33). The lowest BCUT2D eigenvalue weighted by Crippen LogP contribution is -2.54. The predicted molar refractivity (Wildman–Crippen MR) is 122 cm³/mol. The monoisotopic (exact) mass is 465 g/mol. The van der Waals surface area contributed by atoms with Gasteiger partial charge >= 0.3 is 5.97 Å². The van der Waals surface area contributed by atoms with Crippen LogP contribution in [0.15, 0.2) is 24.3 Å². The molecule has 0 fully saturated rings. The zero-order valence-corrected chi connectivity index (χ0v) is 19.0. The van der Waals surface area contributed by atoms with Gasteiger partial charge in [-0.1, -0.05) is 26.0 Å². The van der Waals surface area contributed by atoms with Crippen molar-refractivity contribution in [1.82, 2.24) is 16.0 Å². The summed E-state index contributed by atoms with van der Waals surface area (Å²) in [6.45, 7) is 3.60. The minimum atomic E-state index is -1.24. The van der Waals surface area contributed by atoms with Gasteiger partial charge in [0.15, 0.2) is 0 Å². The minimum absolute atomic E-state index is 0.00598. The second-order valence-corrected chi connectivity index (χ2v) is 8.16. The molecule has 11 heteroatoms. The van der Waals surface area contributed by atoms with Gasteiger partial charge in [-0.05, 0) is 49.4 Å². The molecular weight excluding hydrogens is 430 g/mol. The Bertz CT molecular complexity index is 799. The number of benzene rings is 1. The highest BCUT2D eigenvalue weighted by Crippen LogP contribution is 2.12. The number of carbonyl (C=O) groups excluding carboxylic acids is 3. The summed E-state index contributed by atoms with van der Waals surface area (Å²) in [4.78, 5) is 48.7. The smallest absolute Gasteiger partial charge is 0.326 e. The van der Waals surface area contributed by atoms with Gasteiger partial charge in [0.2, 0.25) is 17.7 Å². The number of nitrogens with one attached hydrogen (secondary N) is 3. The van der Waals surface area contributed by atoms with Crippen LogP contribution in [0.1, 0.15) is 38.7 Å². The highest BCUT2D eigenvalue weighted by Gasteiger charge is 2.27. The maximum Gasteiger partial charge on any atom is 0.326 e. The number of carboxylic acid groups (broad SMARTS) is 1. The molecule has 1 rings (SSSR count). The number of nitrogens with two attached hydrogens (primary N) is 2. The number of rotatable bonds is 14. The van der Waals surface area contributed by atoms with Crippen molar-refractivity contribution in [2.75, 3.05) is 13.1 Å². The van der Waals surface area contributed by atoms with E-state index in [2.05, 4.69) is 16.0 Å². The molecule has 11 nitrogen and oxygen atoms in total. The molecule has 0 aromatic heterocycles. The lowest BCUT2D eigenvalue weighted by Gasteiger charge is -2.22. The largest absolute Gasteiger partial charge is 0.508 e. The highest BCUT2D eigenvalue weighted by molar-refractivity contribution is 5.92. The second-order valence-electron chi connectivity index (χ2n) is 8.16. The Morgan fingerprint density at radius 3 is 2.15 bits per heavy atom. The summed E-state index contributed by atoms with van der Waals surface area (Å²) in [6.07, 6.45) is 1.40. The Balaban J connectivity index is 2.78. The molecule has 9 N–H and O–H groups in total. The molecule has 0 aliphatic heterocycles. The van der Waals surface area contributed by atoms with E-state index in [0.717, 1.165) is 0 Å². The van der Waals surface area contributed by atoms with E-state index in [1.54, 1.807) is 26.0 Å². The lowest BCUT2D eigenvalue weighted by atomic mass is 10.0. The Morgan fingerprint density at radius 1 is 0.970 bits per heavy atom. The van der Waals surface area contributed by atoms with E-state index in [4.69, 9.17) is 11.5 Å². The number of carboxylic acids is 1. The van der Waals surface area contributed by atoms with Gasteiger partial charge in [-0.25, -0.2) is 4.79 Å². The van der Waals surface area contributed by atoms with Gasteiger partial charge < -0.3 is 37.6 Å². The Labute approximate surface area is 193 Å². The zero-order valence-electron chi connectivity index (χ0n) is 19.0. The number of phenols is 1. The highest BCUT2D eigenvalue weighted by atomic mass is 16.4. The molecule has 3 atom stereocenters. The number of carbonyl (C=O) groups is 4. The molecule has 184 valence electrons. The van der Waals surface area contributed by atoms with Crippen LogP contribution in [-0.4, -0.2) is 65.1 Å². The molecule has 0 saturated carbocycles. The molecule has 3 unspecified atom stereocenters. The van der Waals surface area contributed by atoms with Crippen LogP contribution in [0.25, 0.3) is 0 Å². The van der Waals surface area contributed by atoms with E-state index in [-0.39, 0.29) is 31.1 Å². The molecular formula is C22H35N5O6. The number of phenolic OH excluding ortho intramolecular Hbond substituents is 1. The fraction of sp³-hybridized carbons (Fsp3) is 0.545. The maximum atomic E-state index is 12.8.